The van der Waals surface area contributed by atoms with Gasteiger partial charge < -0.3 is 19.9 Å². The lowest BCUT2D eigenvalue weighted by atomic mass is 10.1. The summed E-state index contributed by atoms with van der Waals surface area (Å²) in [7, 11) is 8.06. The van der Waals surface area contributed by atoms with E-state index in [2.05, 4.69) is 34.5 Å². The van der Waals surface area contributed by atoms with E-state index in [0.717, 1.165) is 19.4 Å². The molecule has 0 aliphatic heterocycles. The number of carbonyl (C=O) groups excluding carboxylic acids is 1. The number of amides is 1. The van der Waals surface area contributed by atoms with Gasteiger partial charge in [0, 0.05) is 32.9 Å². The van der Waals surface area contributed by atoms with Crippen molar-refractivity contribution in [2.75, 3.05) is 52.8 Å². The van der Waals surface area contributed by atoms with Crippen LogP contribution in [-0.2, 0) is 6.42 Å². The highest BCUT2D eigenvalue weighted by Gasteiger charge is 2.11. The number of hydrogen-bond acceptors (Lipinski definition) is 4. The highest BCUT2D eigenvalue weighted by atomic mass is 16.5. The second-order valence-corrected chi connectivity index (χ2v) is 7.07. The topological polar surface area (TPSA) is 44.8 Å². The minimum Gasteiger partial charge on any atom is -0.491 e. The van der Waals surface area contributed by atoms with Crippen molar-refractivity contribution < 1.29 is 9.53 Å². The zero-order chi connectivity index (χ0) is 19.6. The summed E-state index contributed by atoms with van der Waals surface area (Å²) in [4.78, 5) is 16.6. The molecule has 0 aliphatic carbocycles. The van der Waals surface area contributed by atoms with E-state index in [9.17, 15) is 4.79 Å². The fourth-order valence-electron chi connectivity index (χ4n) is 2.67. The van der Waals surface area contributed by atoms with Gasteiger partial charge in [0.1, 0.15) is 12.4 Å². The number of benzene rings is 2. The van der Waals surface area contributed by atoms with Crippen molar-refractivity contribution in [1.82, 2.24) is 10.2 Å². The molecule has 0 unspecified atom stereocenters. The van der Waals surface area contributed by atoms with Gasteiger partial charge >= 0.3 is 0 Å². The Balaban J connectivity index is 1.80. The van der Waals surface area contributed by atoms with Crippen molar-refractivity contribution in [2.24, 2.45) is 0 Å². The maximum absolute atomic E-state index is 12.5. The fraction of sp³-hybridized carbons (Fsp3) is 0.409. The van der Waals surface area contributed by atoms with Gasteiger partial charge in [-0.15, -0.1) is 0 Å². The molecule has 0 heterocycles. The molecule has 0 radical (unpaired) electrons. The first kappa shape index (κ1) is 20.8. The van der Waals surface area contributed by atoms with Gasteiger partial charge in [0.15, 0.2) is 0 Å². The van der Waals surface area contributed by atoms with Crippen molar-refractivity contribution in [3.05, 3.63) is 59.7 Å². The van der Waals surface area contributed by atoms with Crippen LogP contribution in [0.4, 0.5) is 5.69 Å². The molecule has 0 aromatic heterocycles. The third-order valence-corrected chi connectivity index (χ3v) is 4.31. The largest absolute Gasteiger partial charge is 0.491 e. The van der Waals surface area contributed by atoms with Crippen LogP contribution in [0.1, 0.15) is 22.3 Å². The van der Waals surface area contributed by atoms with Crippen LogP contribution in [0.5, 0.6) is 5.75 Å². The number of carbonyl (C=O) groups is 1. The molecule has 2 aromatic rings. The molecule has 2 aromatic carbocycles. The first-order valence-corrected chi connectivity index (χ1v) is 9.38. The summed E-state index contributed by atoms with van der Waals surface area (Å²) in [5.41, 5.74) is 3.06. The highest BCUT2D eigenvalue weighted by Crippen LogP contribution is 2.18. The Morgan fingerprint density at radius 3 is 2.37 bits per heavy atom. The number of para-hydroxylation sites is 1. The Labute approximate surface area is 162 Å². The molecule has 2 rings (SSSR count). The lowest BCUT2D eigenvalue weighted by Gasteiger charge is -2.14. The Morgan fingerprint density at radius 1 is 1.00 bits per heavy atom. The molecule has 1 N–H and O–H groups in total. The van der Waals surface area contributed by atoms with Crippen LogP contribution in [-0.4, -0.2) is 58.7 Å². The average Bonchev–Trinajstić information content (AvgIpc) is 2.65. The predicted molar refractivity (Wildman–Crippen MR) is 112 cm³/mol. The van der Waals surface area contributed by atoms with Gasteiger partial charge in [-0.05, 0) is 56.8 Å². The molecule has 0 saturated heterocycles. The van der Waals surface area contributed by atoms with Crippen molar-refractivity contribution >= 4 is 11.6 Å². The number of nitrogens with zero attached hydrogens (tertiary/aromatic N) is 2. The van der Waals surface area contributed by atoms with E-state index in [4.69, 9.17) is 4.74 Å². The third kappa shape index (κ3) is 6.94. The van der Waals surface area contributed by atoms with Crippen molar-refractivity contribution in [2.45, 2.75) is 12.8 Å². The monoisotopic (exact) mass is 369 g/mol. The molecule has 0 atom stereocenters. The SMILES string of the molecule is CN(C)CCOc1ccccc1C(=O)NCCCc1ccc(N(C)C)cc1. The third-order valence-electron chi connectivity index (χ3n) is 4.31. The van der Waals surface area contributed by atoms with Crippen LogP contribution in [0, 0.1) is 0 Å². The predicted octanol–water partition coefficient (Wildman–Crippen LogP) is 3.06. The fourth-order valence-corrected chi connectivity index (χ4v) is 2.67. The Hall–Kier alpha value is -2.53. The quantitative estimate of drug-likeness (QED) is 0.654. The number of anilines is 1. The summed E-state index contributed by atoms with van der Waals surface area (Å²) in [5, 5.41) is 3.00. The first-order valence-electron chi connectivity index (χ1n) is 9.38. The summed E-state index contributed by atoms with van der Waals surface area (Å²) in [6, 6.07) is 15.9. The molecule has 1 amide bonds. The summed E-state index contributed by atoms with van der Waals surface area (Å²) >= 11 is 0. The molecule has 0 aliphatic rings. The maximum atomic E-state index is 12.5. The van der Waals surface area contributed by atoms with Crippen molar-refractivity contribution in [1.29, 1.82) is 0 Å². The summed E-state index contributed by atoms with van der Waals surface area (Å²) < 4.78 is 5.77. The van der Waals surface area contributed by atoms with Crippen LogP contribution in [0.2, 0.25) is 0 Å². The Kier molecular flexibility index (Phi) is 8.14. The smallest absolute Gasteiger partial charge is 0.255 e. The zero-order valence-electron chi connectivity index (χ0n) is 16.9. The average molecular weight is 370 g/mol. The van der Waals surface area contributed by atoms with E-state index in [0.29, 0.717) is 24.5 Å². The summed E-state index contributed by atoms with van der Waals surface area (Å²) in [5.74, 6) is 0.550. The molecule has 0 saturated carbocycles. The molecule has 27 heavy (non-hydrogen) atoms. The van der Waals surface area contributed by atoms with Gasteiger partial charge in [0.2, 0.25) is 0 Å². The molecule has 0 fully saturated rings. The number of nitrogens with one attached hydrogen (secondary N) is 1. The highest BCUT2D eigenvalue weighted by molar-refractivity contribution is 5.96. The van der Waals surface area contributed by atoms with Gasteiger partial charge in [-0.1, -0.05) is 24.3 Å². The van der Waals surface area contributed by atoms with E-state index in [1.165, 1.54) is 11.3 Å². The Morgan fingerprint density at radius 2 is 1.70 bits per heavy atom. The second kappa shape index (κ2) is 10.6. The van der Waals surface area contributed by atoms with Crippen molar-refractivity contribution in [3.63, 3.8) is 0 Å². The van der Waals surface area contributed by atoms with Gasteiger partial charge in [-0.25, -0.2) is 0 Å². The van der Waals surface area contributed by atoms with Crippen LogP contribution in [0.25, 0.3) is 0 Å². The molecule has 146 valence electrons. The van der Waals surface area contributed by atoms with Crippen LogP contribution in [0.15, 0.2) is 48.5 Å². The molecular formula is C22H31N3O2. The van der Waals surface area contributed by atoms with E-state index in [-0.39, 0.29) is 5.91 Å². The lowest BCUT2D eigenvalue weighted by molar-refractivity contribution is 0.0949. The number of aryl methyl sites for hydroxylation is 1. The molecule has 0 bridgehead atoms. The van der Waals surface area contributed by atoms with Crippen LogP contribution in [0.3, 0.4) is 0 Å². The van der Waals surface area contributed by atoms with Gasteiger partial charge in [-0.3, -0.25) is 4.79 Å². The summed E-state index contributed by atoms with van der Waals surface area (Å²) in [6.07, 6.45) is 1.84. The first-order chi connectivity index (χ1) is 13.0. The van der Waals surface area contributed by atoms with Crippen molar-refractivity contribution in [3.8, 4) is 5.75 Å². The van der Waals surface area contributed by atoms with E-state index in [1.54, 1.807) is 6.07 Å². The molecule has 5 heteroatoms. The van der Waals surface area contributed by atoms with E-state index in [1.807, 2.05) is 51.3 Å². The van der Waals surface area contributed by atoms with E-state index < -0.39 is 0 Å². The van der Waals surface area contributed by atoms with Gasteiger partial charge in [0.25, 0.3) is 5.91 Å². The van der Waals surface area contributed by atoms with Gasteiger partial charge in [0.05, 0.1) is 5.56 Å². The minimum absolute atomic E-state index is 0.0848. The number of likely N-dealkylation sites (N-methyl/N-ethyl adjacent to an activating group) is 1. The van der Waals surface area contributed by atoms with Crippen LogP contribution >= 0.6 is 0 Å². The minimum atomic E-state index is -0.0848. The standard InChI is InChI=1S/C22H31N3O2/c1-24(2)16-17-27-21-10-6-5-9-20(21)22(26)23-15-7-8-18-11-13-19(14-12-18)25(3)4/h5-6,9-14H,7-8,15-17H2,1-4H3,(H,23,26). The Bertz CT molecular complexity index is 712. The van der Waals surface area contributed by atoms with Gasteiger partial charge in [-0.2, -0.15) is 0 Å². The number of rotatable bonds is 10. The zero-order valence-corrected chi connectivity index (χ0v) is 16.9. The lowest BCUT2D eigenvalue weighted by Crippen LogP contribution is -2.26. The molecular weight excluding hydrogens is 338 g/mol. The van der Waals surface area contributed by atoms with E-state index >= 15 is 0 Å². The maximum Gasteiger partial charge on any atom is 0.255 e. The second-order valence-electron chi connectivity index (χ2n) is 7.07. The number of hydrogen-bond donors (Lipinski definition) is 1. The summed E-state index contributed by atoms with van der Waals surface area (Å²) in [6.45, 7) is 2.00. The van der Waals surface area contributed by atoms with Crippen LogP contribution < -0.4 is 15.0 Å². The molecule has 5 nitrogen and oxygen atoms in total. The normalized spacial score (nSPS) is 10.7. The number of ether oxygens (including phenoxy) is 1. The molecule has 0 spiro atoms.